The van der Waals surface area contributed by atoms with E-state index in [0.717, 1.165) is 24.2 Å². The lowest BCUT2D eigenvalue weighted by atomic mass is 9.97. The van der Waals surface area contributed by atoms with E-state index in [2.05, 4.69) is 10.4 Å². The molecule has 1 aliphatic heterocycles. The average Bonchev–Trinajstić information content (AvgIpc) is 3.01. The number of urea groups is 1. The molecule has 0 spiro atoms. The van der Waals surface area contributed by atoms with E-state index in [1.807, 2.05) is 43.5 Å². The maximum absolute atomic E-state index is 12.6. The molecule has 2 aromatic rings. The van der Waals surface area contributed by atoms with Crippen LogP contribution in [0, 0.1) is 12.8 Å². The van der Waals surface area contributed by atoms with Crippen LogP contribution in [0.25, 0.3) is 5.69 Å². The van der Waals surface area contributed by atoms with Crippen molar-refractivity contribution in [2.24, 2.45) is 11.7 Å². The van der Waals surface area contributed by atoms with Gasteiger partial charge in [0, 0.05) is 19.3 Å². The van der Waals surface area contributed by atoms with Crippen LogP contribution < -0.4 is 11.1 Å². The zero-order chi connectivity index (χ0) is 17.1. The van der Waals surface area contributed by atoms with E-state index >= 15 is 0 Å². The first-order valence-corrected chi connectivity index (χ1v) is 8.01. The van der Waals surface area contributed by atoms with Gasteiger partial charge in [0.05, 0.1) is 23.0 Å². The van der Waals surface area contributed by atoms with E-state index in [0.29, 0.717) is 18.8 Å². The van der Waals surface area contributed by atoms with Crippen molar-refractivity contribution in [2.45, 2.75) is 19.8 Å². The fraction of sp³-hybridized carbons (Fsp3) is 0.353. The molecule has 0 bridgehead atoms. The van der Waals surface area contributed by atoms with Crippen LogP contribution >= 0.6 is 0 Å². The Bertz CT molecular complexity index is 755. The highest BCUT2D eigenvalue weighted by Crippen LogP contribution is 2.23. The molecule has 2 heterocycles. The van der Waals surface area contributed by atoms with Crippen LogP contribution in [0.3, 0.4) is 0 Å². The molecule has 0 saturated carbocycles. The molecular weight excluding hydrogens is 306 g/mol. The standard InChI is InChI=1S/C17H21N5O2/c1-12-8-10-22(20-12)15-7-3-2-6-14(15)19-16(23)13-5-4-9-21(11-13)17(18)24/h2-3,6-8,10,13H,4-5,9,11H2,1H3,(H2,18,24)(H,19,23). The quantitative estimate of drug-likeness (QED) is 0.902. The van der Waals surface area contributed by atoms with Crippen LogP contribution in [0.4, 0.5) is 10.5 Å². The van der Waals surface area contributed by atoms with Crippen LogP contribution in [-0.4, -0.2) is 39.7 Å². The summed E-state index contributed by atoms with van der Waals surface area (Å²) >= 11 is 0. The molecule has 1 atom stereocenters. The van der Waals surface area contributed by atoms with Gasteiger partial charge in [0.2, 0.25) is 5.91 Å². The van der Waals surface area contributed by atoms with Crippen molar-refractivity contribution in [2.75, 3.05) is 18.4 Å². The summed E-state index contributed by atoms with van der Waals surface area (Å²) in [5.74, 6) is -0.351. The van der Waals surface area contributed by atoms with E-state index in [1.54, 1.807) is 4.68 Å². The number of para-hydroxylation sites is 2. The number of aryl methyl sites for hydroxylation is 1. The second kappa shape index (κ2) is 6.74. The van der Waals surface area contributed by atoms with Gasteiger partial charge >= 0.3 is 6.03 Å². The maximum Gasteiger partial charge on any atom is 0.314 e. The SMILES string of the molecule is Cc1ccn(-c2ccccc2NC(=O)C2CCCN(C(N)=O)C2)n1. The fourth-order valence-corrected chi connectivity index (χ4v) is 2.95. The Labute approximate surface area is 140 Å². The molecule has 1 saturated heterocycles. The predicted molar refractivity (Wildman–Crippen MR) is 90.8 cm³/mol. The molecular formula is C17H21N5O2. The summed E-state index contributed by atoms with van der Waals surface area (Å²) in [6, 6.07) is 8.95. The number of amides is 3. The number of hydrogen-bond acceptors (Lipinski definition) is 3. The minimum absolute atomic E-state index is 0.0997. The second-order valence-corrected chi connectivity index (χ2v) is 6.03. The van der Waals surface area contributed by atoms with Crippen molar-refractivity contribution in [3.8, 4) is 5.69 Å². The number of carbonyl (C=O) groups is 2. The molecule has 1 unspecified atom stereocenters. The van der Waals surface area contributed by atoms with Crippen molar-refractivity contribution >= 4 is 17.6 Å². The topological polar surface area (TPSA) is 93.3 Å². The van der Waals surface area contributed by atoms with Gasteiger partial charge in [-0.25, -0.2) is 9.48 Å². The normalized spacial score (nSPS) is 17.5. The highest BCUT2D eigenvalue weighted by molar-refractivity contribution is 5.95. The zero-order valence-electron chi connectivity index (χ0n) is 13.6. The number of anilines is 1. The molecule has 1 aromatic carbocycles. The van der Waals surface area contributed by atoms with Crippen LogP contribution in [0.15, 0.2) is 36.5 Å². The average molecular weight is 327 g/mol. The number of hydrogen-bond donors (Lipinski definition) is 2. The van der Waals surface area contributed by atoms with Gasteiger partial charge in [-0.3, -0.25) is 4.79 Å². The Morgan fingerprint density at radius 2 is 2.08 bits per heavy atom. The van der Waals surface area contributed by atoms with Gasteiger partial charge in [-0.15, -0.1) is 0 Å². The van der Waals surface area contributed by atoms with Gasteiger partial charge in [0.1, 0.15) is 0 Å². The van der Waals surface area contributed by atoms with Crippen LogP contribution in [-0.2, 0) is 4.79 Å². The Morgan fingerprint density at radius 3 is 2.79 bits per heavy atom. The number of carbonyl (C=O) groups excluding carboxylic acids is 2. The molecule has 126 valence electrons. The number of nitrogens with zero attached hydrogens (tertiary/aromatic N) is 3. The van der Waals surface area contributed by atoms with Crippen molar-refractivity contribution < 1.29 is 9.59 Å². The minimum Gasteiger partial charge on any atom is -0.351 e. The molecule has 3 rings (SSSR count). The number of likely N-dealkylation sites (tertiary alicyclic amines) is 1. The second-order valence-electron chi connectivity index (χ2n) is 6.03. The third-order valence-corrected chi connectivity index (χ3v) is 4.24. The van der Waals surface area contributed by atoms with Crippen LogP contribution in [0.2, 0.25) is 0 Å². The van der Waals surface area contributed by atoms with Crippen LogP contribution in [0.5, 0.6) is 0 Å². The van der Waals surface area contributed by atoms with Crippen molar-refractivity contribution in [3.63, 3.8) is 0 Å². The molecule has 0 radical (unpaired) electrons. The summed E-state index contributed by atoms with van der Waals surface area (Å²) in [7, 11) is 0. The number of aromatic nitrogens is 2. The Morgan fingerprint density at radius 1 is 1.29 bits per heavy atom. The number of nitrogens with one attached hydrogen (secondary N) is 1. The molecule has 3 amide bonds. The lowest BCUT2D eigenvalue weighted by Crippen LogP contribution is -2.46. The predicted octanol–water partition coefficient (Wildman–Crippen LogP) is 1.91. The van der Waals surface area contributed by atoms with Crippen molar-refractivity contribution in [3.05, 3.63) is 42.2 Å². The zero-order valence-corrected chi connectivity index (χ0v) is 13.6. The highest BCUT2D eigenvalue weighted by Gasteiger charge is 2.27. The van der Waals surface area contributed by atoms with Crippen molar-refractivity contribution in [1.29, 1.82) is 0 Å². The van der Waals surface area contributed by atoms with E-state index < -0.39 is 6.03 Å². The van der Waals surface area contributed by atoms with E-state index in [4.69, 9.17) is 5.73 Å². The van der Waals surface area contributed by atoms with Crippen LogP contribution in [0.1, 0.15) is 18.5 Å². The van der Waals surface area contributed by atoms with E-state index in [-0.39, 0.29) is 11.8 Å². The third kappa shape index (κ3) is 3.40. The maximum atomic E-state index is 12.6. The Hall–Kier alpha value is -2.83. The summed E-state index contributed by atoms with van der Waals surface area (Å²) in [4.78, 5) is 25.5. The number of primary amides is 1. The molecule has 1 aromatic heterocycles. The van der Waals surface area contributed by atoms with Gasteiger partial charge < -0.3 is 16.0 Å². The third-order valence-electron chi connectivity index (χ3n) is 4.24. The molecule has 3 N–H and O–H groups in total. The van der Waals surface area contributed by atoms with E-state index in [1.165, 1.54) is 4.90 Å². The first kappa shape index (κ1) is 16.0. The lowest BCUT2D eigenvalue weighted by molar-refractivity contribution is -0.121. The first-order chi connectivity index (χ1) is 11.5. The van der Waals surface area contributed by atoms with Gasteiger partial charge in [0.15, 0.2) is 0 Å². The fourth-order valence-electron chi connectivity index (χ4n) is 2.95. The van der Waals surface area contributed by atoms with Gasteiger partial charge in [-0.2, -0.15) is 5.10 Å². The molecule has 1 fully saturated rings. The van der Waals surface area contributed by atoms with Gasteiger partial charge in [-0.05, 0) is 38.0 Å². The van der Waals surface area contributed by atoms with E-state index in [9.17, 15) is 9.59 Å². The summed E-state index contributed by atoms with van der Waals surface area (Å²) in [6.45, 7) is 2.89. The summed E-state index contributed by atoms with van der Waals surface area (Å²) < 4.78 is 1.74. The summed E-state index contributed by atoms with van der Waals surface area (Å²) in [5, 5.41) is 7.36. The first-order valence-electron chi connectivity index (χ1n) is 8.01. The number of benzene rings is 1. The van der Waals surface area contributed by atoms with Crippen molar-refractivity contribution in [1.82, 2.24) is 14.7 Å². The van der Waals surface area contributed by atoms with Gasteiger partial charge in [-0.1, -0.05) is 12.1 Å². The monoisotopic (exact) mass is 327 g/mol. The highest BCUT2D eigenvalue weighted by atomic mass is 16.2. The molecule has 0 aliphatic carbocycles. The summed E-state index contributed by atoms with van der Waals surface area (Å²) in [5.41, 5.74) is 7.73. The molecule has 1 aliphatic rings. The molecule has 7 nitrogen and oxygen atoms in total. The smallest absolute Gasteiger partial charge is 0.314 e. The number of nitrogens with two attached hydrogens (primary N) is 1. The molecule has 24 heavy (non-hydrogen) atoms. The Kier molecular flexibility index (Phi) is 4.50. The minimum atomic E-state index is -0.472. The molecule has 7 heteroatoms. The van der Waals surface area contributed by atoms with Gasteiger partial charge in [0.25, 0.3) is 0 Å². The number of rotatable bonds is 3. The lowest BCUT2D eigenvalue weighted by Gasteiger charge is -2.30. The number of piperidine rings is 1. The summed E-state index contributed by atoms with van der Waals surface area (Å²) in [6.07, 6.45) is 3.38. The Balaban J connectivity index is 1.76. The largest absolute Gasteiger partial charge is 0.351 e.